The SMILES string of the molecule is C1CCOC1.CC(C)(c1ccccc1)c1cc(SC2CCCC2Sc2cc(C(C)(C)c3ccccc3)cc(C(C)(C)c3ccccc3)c2O)c(O)c(C(C)(C)c2ccccc2)c1.C[Si](C)[N-][Si](C)C.[Sc]. The van der Waals surface area contributed by atoms with Crippen molar-refractivity contribution in [2.75, 3.05) is 13.2 Å². The van der Waals surface area contributed by atoms with E-state index in [0.29, 0.717) is 11.5 Å². The summed E-state index contributed by atoms with van der Waals surface area (Å²) in [5, 5.41) is 25.2. The first-order valence-corrected chi connectivity index (χ1v) is 31.6. The van der Waals surface area contributed by atoms with Crippen LogP contribution in [-0.2, 0) is 52.2 Å². The number of aromatic hydroxyl groups is 2. The summed E-state index contributed by atoms with van der Waals surface area (Å²) in [6, 6.07) is 51.5. The van der Waals surface area contributed by atoms with Gasteiger partial charge in [-0.15, -0.1) is 23.5 Å². The van der Waals surface area contributed by atoms with E-state index in [1.807, 2.05) is 23.5 Å². The van der Waals surface area contributed by atoms with Crippen LogP contribution in [0.1, 0.15) is 132 Å². The maximum atomic E-state index is 12.3. The minimum atomic E-state index is -0.424. The van der Waals surface area contributed by atoms with Crippen LogP contribution in [0.25, 0.3) is 4.65 Å². The molecule has 2 N–H and O–H groups in total. The van der Waals surface area contributed by atoms with E-state index < -0.39 is 10.8 Å². The number of phenolic OH excluding ortho intramolecular Hbond substituents is 2. The molecular formula is C61H78NO3S2ScSi2-. The number of thioether (sulfide) groups is 2. The number of rotatable bonds is 14. The van der Waals surface area contributed by atoms with Crippen LogP contribution >= 0.6 is 23.5 Å². The molecule has 9 heteroatoms. The van der Waals surface area contributed by atoms with Gasteiger partial charge >= 0.3 is 0 Å². The molecule has 1 aliphatic heterocycles. The predicted octanol–water partition coefficient (Wildman–Crippen LogP) is 16.9. The Hall–Kier alpha value is -3.16. The number of benzene rings is 6. The zero-order valence-electron chi connectivity index (χ0n) is 44.1. The van der Waals surface area contributed by atoms with Crippen molar-refractivity contribution in [3.63, 3.8) is 0 Å². The predicted molar refractivity (Wildman–Crippen MR) is 302 cm³/mol. The van der Waals surface area contributed by atoms with Gasteiger partial charge in [-0.1, -0.05) is 239 Å². The largest absolute Gasteiger partial charge is 0.673 e. The topological polar surface area (TPSA) is 63.8 Å². The Morgan fingerprint density at radius 1 is 0.443 bits per heavy atom. The molecule has 369 valence electrons. The molecule has 1 heterocycles. The molecule has 2 atom stereocenters. The van der Waals surface area contributed by atoms with E-state index in [2.05, 4.69) is 232 Å². The number of ether oxygens (including phenoxy) is 1. The van der Waals surface area contributed by atoms with Crippen LogP contribution in [0.4, 0.5) is 0 Å². The van der Waals surface area contributed by atoms with Crippen LogP contribution in [0.5, 0.6) is 11.5 Å². The molecule has 2 unspecified atom stereocenters. The van der Waals surface area contributed by atoms with Gasteiger partial charge in [-0.25, -0.2) is 0 Å². The van der Waals surface area contributed by atoms with Gasteiger partial charge in [0.25, 0.3) is 0 Å². The first-order valence-electron chi connectivity index (χ1n) is 25.0. The molecule has 6 aromatic rings. The van der Waals surface area contributed by atoms with Gasteiger partial charge in [-0.3, -0.25) is 0 Å². The van der Waals surface area contributed by atoms with E-state index >= 15 is 0 Å². The Balaban J connectivity index is 0.000000619. The maximum absolute atomic E-state index is 12.3. The Bertz CT molecular complexity index is 2360. The Kier molecular flexibility index (Phi) is 21.2. The summed E-state index contributed by atoms with van der Waals surface area (Å²) >= 11 is 3.65. The van der Waals surface area contributed by atoms with Crippen LogP contribution in [0.3, 0.4) is 0 Å². The van der Waals surface area contributed by atoms with E-state index in [1.54, 1.807) is 0 Å². The van der Waals surface area contributed by atoms with E-state index in [9.17, 15) is 10.2 Å². The number of hydrogen-bond donors (Lipinski definition) is 2. The third kappa shape index (κ3) is 14.3. The molecule has 0 amide bonds. The van der Waals surface area contributed by atoms with Crippen molar-refractivity contribution in [1.82, 2.24) is 0 Å². The van der Waals surface area contributed by atoms with Crippen molar-refractivity contribution in [3.05, 3.63) is 195 Å². The molecule has 2 aliphatic rings. The summed E-state index contributed by atoms with van der Waals surface area (Å²) < 4.78 is 9.43. The van der Waals surface area contributed by atoms with Gasteiger partial charge in [-0.05, 0) is 71.2 Å². The summed E-state index contributed by atoms with van der Waals surface area (Å²) in [4.78, 5) is 1.86. The molecule has 1 saturated heterocycles. The molecule has 2 fully saturated rings. The molecule has 1 aliphatic carbocycles. The number of phenols is 2. The number of hydrogen-bond acceptors (Lipinski definition) is 5. The summed E-state index contributed by atoms with van der Waals surface area (Å²) in [6.07, 6.45) is 5.75. The zero-order valence-corrected chi connectivity index (χ0v) is 49.5. The van der Waals surface area contributed by atoms with Crippen LogP contribution in [0.15, 0.2) is 155 Å². The molecule has 70 heavy (non-hydrogen) atoms. The maximum Gasteiger partial charge on any atom is 0.133 e. The van der Waals surface area contributed by atoms with E-state index in [-0.39, 0.29) is 65.1 Å². The fourth-order valence-corrected chi connectivity index (χ4v) is 16.1. The van der Waals surface area contributed by atoms with Gasteiger partial charge in [0.1, 0.15) is 11.5 Å². The van der Waals surface area contributed by atoms with Crippen LogP contribution < -0.4 is 0 Å². The fraction of sp³-hybridized carbons (Fsp3) is 0.410. The van der Waals surface area contributed by atoms with Gasteiger partial charge in [0.2, 0.25) is 0 Å². The second-order valence-corrected chi connectivity index (χ2v) is 28.5. The van der Waals surface area contributed by atoms with Crippen molar-refractivity contribution in [2.24, 2.45) is 0 Å². The van der Waals surface area contributed by atoms with E-state index in [0.717, 1.165) is 53.4 Å². The van der Waals surface area contributed by atoms with Crippen molar-refractivity contribution < 1.29 is 40.8 Å². The molecule has 6 aromatic carbocycles. The van der Waals surface area contributed by atoms with Gasteiger partial charge in [0.05, 0.1) is 9.79 Å². The molecule has 0 spiro atoms. The Labute approximate surface area is 453 Å². The summed E-state index contributed by atoms with van der Waals surface area (Å²) in [5.74, 6) is 0.747. The minimum absolute atomic E-state index is 0. The molecule has 3 radical (unpaired) electrons. The van der Waals surface area contributed by atoms with Gasteiger partial charge < -0.3 is 19.6 Å². The third-order valence-corrected chi connectivity index (χ3v) is 20.8. The van der Waals surface area contributed by atoms with Gasteiger partial charge in [0.15, 0.2) is 0 Å². The Morgan fingerprint density at radius 3 is 1.00 bits per heavy atom. The first kappa shape index (κ1) is 57.7. The van der Waals surface area contributed by atoms with E-state index in [4.69, 9.17) is 4.74 Å². The first-order chi connectivity index (χ1) is 32.7. The van der Waals surface area contributed by atoms with Gasteiger partial charge in [-0.2, -0.15) is 0 Å². The molecule has 4 nitrogen and oxygen atoms in total. The van der Waals surface area contributed by atoms with E-state index in [1.165, 1.54) is 46.2 Å². The second kappa shape index (κ2) is 25.7. The summed E-state index contributed by atoms with van der Waals surface area (Å²) in [5.41, 5.74) is 7.69. The van der Waals surface area contributed by atoms with Crippen LogP contribution in [0, 0.1) is 0 Å². The Morgan fingerprint density at radius 2 is 0.743 bits per heavy atom. The average Bonchev–Trinajstić information content (AvgIpc) is 4.07. The molecule has 8 rings (SSSR count). The van der Waals surface area contributed by atoms with Crippen molar-refractivity contribution in [3.8, 4) is 11.5 Å². The smallest absolute Gasteiger partial charge is 0.133 e. The van der Waals surface area contributed by atoms with Gasteiger partial charge in [0, 0.05) is 82.3 Å². The zero-order chi connectivity index (χ0) is 50.0. The fourth-order valence-electron chi connectivity index (χ4n) is 9.58. The average molecular weight is 1040 g/mol. The molecule has 1 saturated carbocycles. The monoisotopic (exact) mass is 1040 g/mol. The van der Waals surface area contributed by atoms with Crippen molar-refractivity contribution >= 4 is 41.4 Å². The molecular weight excluding hydrogens is 960 g/mol. The third-order valence-electron chi connectivity index (χ3n) is 14.1. The standard InChI is InChI=1S/C53H58O2S2.C4H12NSi2.C4H8O.Sc/c1-50(2,36-22-13-9-14-23-36)40-32-42(52(5,6)38-26-17-11-18-27-38)48(54)46(34-40)56-44-30-21-31-45(44)57-47-35-41(51(3,4)37-24-15-10-16-25-37)33-43(49(47)55)53(7,8)39-28-19-12-20-29-39;1-6(2)5-7(3)4;1-2-4-5-3-1;/h9-20,22-29,32-35,44-45,54-55H,21,30-31H2,1-8H3;1-4H3;1-4H2;/q;-1;;. The number of nitrogens with zero attached hydrogens (tertiary/aromatic N) is 1. The molecule has 0 aromatic heterocycles. The van der Waals surface area contributed by atoms with Crippen molar-refractivity contribution in [2.45, 2.75) is 156 Å². The minimum Gasteiger partial charge on any atom is -0.673 e. The quantitative estimate of drug-likeness (QED) is 0.106. The normalized spacial score (nSPS) is 16.3. The van der Waals surface area contributed by atoms with Crippen LogP contribution in [-0.4, -0.2) is 51.8 Å². The summed E-state index contributed by atoms with van der Waals surface area (Å²) in [6.45, 7) is 28.9. The van der Waals surface area contributed by atoms with Crippen LogP contribution in [0.2, 0.25) is 26.2 Å². The molecule has 0 bridgehead atoms. The second-order valence-electron chi connectivity index (χ2n) is 21.3. The van der Waals surface area contributed by atoms with Crippen molar-refractivity contribution in [1.29, 1.82) is 0 Å². The summed E-state index contributed by atoms with van der Waals surface area (Å²) in [7, 11) is -0.528.